The molecule has 2 aromatic carbocycles. The molecule has 0 unspecified atom stereocenters. The summed E-state index contributed by atoms with van der Waals surface area (Å²) in [5, 5.41) is 3.14. The van der Waals surface area contributed by atoms with E-state index in [2.05, 4.69) is 32.2 Å². The molecule has 33 heavy (non-hydrogen) atoms. The molecule has 1 aliphatic heterocycles. The van der Waals surface area contributed by atoms with Crippen LogP contribution in [0.5, 0.6) is 11.5 Å². The average Bonchev–Trinajstić information content (AvgIpc) is 3.10. The molecule has 1 heterocycles. The highest BCUT2D eigenvalue weighted by molar-refractivity contribution is 9.10. The van der Waals surface area contributed by atoms with Gasteiger partial charge in [-0.25, -0.2) is 9.79 Å². The number of terminal acetylenes is 1. The number of rotatable bonds is 7. The molecule has 0 aromatic heterocycles. The van der Waals surface area contributed by atoms with Gasteiger partial charge in [-0.3, -0.25) is 4.79 Å². The standard InChI is InChI=1S/C24H21BrN2O5S/c1-5-9-31-21-18(25)10-15(11-19(21)30-4)12-20-22(28)27-24(33-20)26-17-8-6-7-16(13-17)23(29)32-14(2)3/h1,6-8,10-14H,9H2,2-4H3,(H,26,27,28)/b20-12+. The van der Waals surface area contributed by atoms with Gasteiger partial charge in [0, 0.05) is 0 Å². The second-order valence-corrected chi connectivity index (χ2v) is 8.90. The zero-order valence-electron chi connectivity index (χ0n) is 18.2. The number of thioether (sulfide) groups is 1. The number of hydrogen-bond acceptors (Lipinski definition) is 7. The minimum atomic E-state index is -0.426. The number of hydrogen-bond donors (Lipinski definition) is 1. The van der Waals surface area contributed by atoms with Gasteiger partial charge in [-0.1, -0.05) is 12.0 Å². The minimum Gasteiger partial charge on any atom is -0.493 e. The average molecular weight is 529 g/mol. The molecule has 170 valence electrons. The van der Waals surface area contributed by atoms with Crippen molar-refractivity contribution in [2.45, 2.75) is 20.0 Å². The van der Waals surface area contributed by atoms with E-state index >= 15 is 0 Å². The smallest absolute Gasteiger partial charge is 0.338 e. The van der Waals surface area contributed by atoms with E-state index in [-0.39, 0.29) is 18.6 Å². The summed E-state index contributed by atoms with van der Waals surface area (Å²) in [6.45, 7) is 3.67. The molecule has 0 radical (unpaired) electrons. The van der Waals surface area contributed by atoms with Crippen LogP contribution in [0, 0.1) is 12.3 Å². The van der Waals surface area contributed by atoms with Crippen LogP contribution >= 0.6 is 27.7 Å². The Labute approximate surface area is 204 Å². The monoisotopic (exact) mass is 528 g/mol. The van der Waals surface area contributed by atoms with Crippen molar-refractivity contribution in [1.82, 2.24) is 5.32 Å². The lowest BCUT2D eigenvalue weighted by Crippen LogP contribution is -2.19. The first kappa shape index (κ1) is 24.4. The largest absolute Gasteiger partial charge is 0.493 e. The molecule has 1 fully saturated rings. The molecule has 1 saturated heterocycles. The molecule has 0 bridgehead atoms. The molecule has 1 N–H and O–H groups in total. The van der Waals surface area contributed by atoms with Gasteiger partial charge in [0.25, 0.3) is 5.91 Å². The Bertz CT molecular complexity index is 1180. The summed E-state index contributed by atoms with van der Waals surface area (Å²) in [6.07, 6.45) is 6.76. The molecule has 0 atom stereocenters. The van der Waals surface area contributed by atoms with Crippen molar-refractivity contribution in [3.8, 4) is 23.8 Å². The molecule has 9 heteroatoms. The number of aliphatic imine (C=N–C) groups is 1. The second kappa shape index (κ2) is 11.1. The quantitative estimate of drug-likeness (QED) is 0.311. The lowest BCUT2D eigenvalue weighted by atomic mass is 10.2. The normalized spacial score (nSPS) is 15.5. The number of esters is 1. The summed E-state index contributed by atoms with van der Waals surface area (Å²) in [5.74, 6) is 2.67. The lowest BCUT2D eigenvalue weighted by molar-refractivity contribution is -0.115. The zero-order chi connectivity index (χ0) is 24.0. The summed E-state index contributed by atoms with van der Waals surface area (Å²) in [4.78, 5) is 29.5. The van der Waals surface area contributed by atoms with Gasteiger partial charge in [-0.2, -0.15) is 0 Å². The van der Waals surface area contributed by atoms with Crippen LogP contribution in [0.1, 0.15) is 29.8 Å². The maximum absolute atomic E-state index is 12.5. The summed E-state index contributed by atoms with van der Waals surface area (Å²) in [5.41, 5.74) is 1.64. The number of halogens is 1. The fourth-order valence-corrected chi connectivity index (χ4v) is 4.23. The lowest BCUT2D eigenvalue weighted by Gasteiger charge is -2.12. The fraction of sp³-hybridized carbons (Fsp3) is 0.208. The van der Waals surface area contributed by atoms with E-state index in [1.54, 1.807) is 56.3 Å². The number of methoxy groups -OCH3 is 1. The molecule has 0 aliphatic carbocycles. The summed E-state index contributed by atoms with van der Waals surface area (Å²) >= 11 is 4.64. The summed E-state index contributed by atoms with van der Waals surface area (Å²) in [7, 11) is 1.52. The first-order valence-corrected chi connectivity index (χ1v) is 11.5. The fourth-order valence-electron chi connectivity index (χ4n) is 2.81. The first-order valence-electron chi connectivity index (χ1n) is 9.85. The molecule has 0 spiro atoms. The van der Waals surface area contributed by atoms with Crippen LogP contribution < -0.4 is 14.8 Å². The molecular formula is C24H21BrN2O5S. The highest BCUT2D eigenvalue weighted by Gasteiger charge is 2.24. The van der Waals surface area contributed by atoms with E-state index in [9.17, 15) is 9.59 Å². The van der Waals surface area contributed by atoms with Gasteiger partial charge in [0.15, 0.2) is 16.7 Å². The van der Waals surface area contributed by atoms with Crippen molar-refractivity contribution in [1.29, 1.82) is 0 Å². The third-order valence-electron chi connectivity index (χ3n) is 4.16. The van der Waals surface area contributed by atoms with Crippen LogP contribution in [0.3, 0.4) is 0 Å². The van der Waals surface area contributed by atoms with E-state index in [0.29, 0.717) is 37.3 Å². The van der Waals surface area contributed by atoms with E-state index in [4.69, 9.17) is 20.6 Å². The van der Waals surface area contributed by atoms with Gasteiger partial charge in [0.05, 0.1) is 33.8 Å². The Morgan fingerprint density at radius 3 is 2.82 bits per heavy atom. The number of ether oxygens (including phenoxy) is 3. The third kappa shape index (κ3) is 6.40. The van der Waals surface area contributed by atoms with Crippen molar-refractivity contribution in [2.75, 3.05) is 13.7 Å². The van der Waals surface area contributed by atoms with Crippen molar-refractivity contribution >= 4 is 56.5 Å². The Balaban J connectivity index is 1.82. The topological polar surface area (TPSA) is 86.2 Å². The van der Waals surface area contributed by atoms with Crippen LogP contribution in [-0.2, 0) is 9.53 Å². The van der Waals surface area contributed by atoms with Gasteiger partial charge in [0.1, 0.15) is 6.61 Å². The molecule has 0 saturated carbocycles. The molecule has 3 rings (SSSR count). The molecule has 7 nitrogen and oxygen atoms in total. The number of carbonyl (C=O) groups excluding carboxylic acids is 2. The molecule has 1 amide bonds. The van der Waals surface area contributed by atoms with E-state index < -0.39 is 5.97 Å². The number of amides is 1. The van der Waals surface area contributed by atoms with Gasteiger partial charge in [0.2, 0.25) is 0 Å². The van der Waals surface area contributed by atoms with Crippen LogP contribution in [-0.4, -0.2) is 36.9 Å². The number of nitrogens with zero attached hydrogens (tertiary/aromatic N) is 1. The Morgan fingerprint density at radius 1 is 1.33 bits per heavy atom. The number of nitrogens with one attached hydrogen (secondary N) is 1. The van der Waals surface area contributed by atoms with Crippen molar-refractivity contribution < 1.29 is 23.8 Å². The van der Waals surface area contributed by atoms with Crippen molar-refractivity contribution in [2.24, 2.45) is 4.99 Å². The second-order valence-electron chi connectivity index (χ2n) is 7.01. The van der Waals surface area contributed by atoms with Crippen LogP contribution in [0.4, 0.5) is 5.69 Å². The summed E-state index contributed by atoms with van der Waals surface area (Å²) in [6, 6.07) is 10.3. The highest BCUT2D eigenvalue weighted by Crippen LogP contribution is 2.38. The van der Waals surface area contributed by atoms with Crippen LogP contribution in [0.15, 0.2) is 50.8 Å². The van der Waals surface area contributed by atoms with Crippen molar-refractivity contribution in [3.05, 3.63) is 56.9 Å². The van der Waals surface area contributed by atoms with Gasteiger partial charge < -0.3 is 19.5 Å². The van der Waals surface area contributed by atoms with Gasteiger partial charge in [-0.05, 0) is 83.5 Å². The highest BCUT2D eigenvalue weighted by atomic mass is 79.9. The van der Waals surface area contributed by atoms with E-state index in [0.717, 1.165) is 5.56 Å². The number of carbonyl (C=O) groups is 2. The van der Waals surface area contributed by atoms with E-state index in [1.807, 2.05) is 0 Å². The maximum Gasteiger partial charge on any atom is 0.338 e. The Hall–Kier alpha value is -3.22. The minimum absolute atomic E-state index is 0.101. The predicted molar refractivity (Wildman–Crippen MR) is 133 cm³/mol. The molecule has 2 aromatic rings. The maximum atomic E-state index is 12.5. The SMILES string of the molecule is C#CCOc1c(Br)cc(/C=C2/SC(=Nc3cccc(C(=O)OC(C)C)c3)NC2=O)cc1OC. The zero-order valence-corrected chi connectivity index (χ0v) is 20.6. The summed E-state index contributed by atoms with van der Waals surface area (Å²) < 4.78 is 16.8. The van der Waals surface area contributed by atoms with Crippen molar-refractivity contribution in [3.63, 3.8) is 0 Å². The van der Waals surface area contributed by atoms with Crippen LogP contribution in [0.2, 0.25) is 0 Å². The van der Waals surface area contributed by atoms with Gasteiger partial charge >= 0.3 is 5.97 Å². The van der Waals surface area contributed by atoms with E-state index in [1.165, 1.54) is 18.9 Å². The first-order chi connectivity index (χ1) is 15.8. The molecule has 1 aliphatic rings. The Morgan fingerprint density at radius 2 is 2.12 bits per heavy atom. The third-order valence-corrected chi connectivity index (χ3v) is 5.65. The van der Waals surface area contributed by atoms with Gasteiger partial charge in [-0.15, -0.1) is 6.42 Å². The molecular weight excluding hydrogens is 508 g/mol. The predicted octanol–water partition coefficient (Wildman–Crippen LogP) is 4.93. The Kier molecular flexibility index (Phi) is 8.20. The number of amidine groups is 1. The van der Waals surface area contributed by atoms with Crippen LogP contribution in [0.25, 0.3) is 6.08 Å². The number of benzene rings is 2.